The predicted molar refractivity (Wildman–Crippen MR) is 249 cm³/mol. The van der Waals surface area contributed by atoms with E-state index in [2.05, 4.69) is 74.1 Å². The summed E-state index contributed by atoms with van der Waals surface area (Å²) in [4.78, 5) is 9.00. The second-order valence-corrected chi connectivity index (χ2v) is 18.5. The van der Waals surface area contributed by atoms with Crippen LogP contribution in [0.5, 0.6) is 0 Å². The first-order valence-electron chi connectivity index (χ1n) is 25.9. The predicted octanol–water partition coefficient (Wildman–Crippen LogP) is 15.6. The molecule has 0 N–H and O–H groups in total. The van der Waals surface area contributed by atoms with Gasteiger partial charge >= 0.3 is 0 Å². The molecule has 60 heavy (non-hydrogen) atoms. The van der Waals surface area contributed by atoms with Gasteiger partial charge in [-0.3, -0.25) is 0 Å². The van der Waals surface area contributed by atoms with E-state index in [1.807, 2.05) is 60.7 Å². The molecule has 0 bridgehead atoms. The number of nitrogens with zero attached hydrogens (tertiary/aromatic N) is 2. The van der Waals surface area contributed by atoms with E-state index in [1.165, 1.54) is 18.5 Å². The number of pyridine rings is 2. The zero-order valence-corrected chi connectivity index (χ0v) is 37.7. The molecule has 0 aliphatic heterocycles. The molecule has 0 atom stereocenters. The monoisotopic (exact) mass is 978 g/mol. The molecule has 0 saturated heterocycles. The van der Waals surface area contributed by atoms with Crippen molar-refractivity contribution in [3.8, 4) is 33.6 Å². The van der Waals surface area contributed by atoms with Crippen LogP contribution < -0.4 is 0 Å². The molecule has 0 spiro atoms. The third kappa shape index (κ3) is 9.21. The Morgan fingerprint density at radius 1 is 0.767 bits per heavy atom. The summed E-state index contributed by atoms with van der Waals surface area (Å²) in [5.74, 6) is -1.05. The van der Waals surface area contributed by atoms with E-state index in [0.717, 1.165) is 39.1 Å². The van der Waals surface area contributed by atoms with Gasteiger partial charge < -0.3 is 14.4 Å². The largest absolute Gasteiger partial charge is 0.500 e. The third-order valence-electron chi connectivity index (χ3n) is 11.0. The van der Waals surface area contributed by atoms with Crippen LogP contribution in [0.2, 0.25) is 0 Å². The van der Waals surface area contributed by atoms with Crippen LogP contribution in [0, 0.1) is 49.0 Å². The molecule has 1 saturated carbocycles. The molecule has 0 unspecified atom stereocenters. The third-order valence-corrected chi connectivity index (χ3v) is 11.0. The summed E-state index contributed by atoms with van der Waals surface area (Å²) in [6.07, 6.45) is 3.16. The molecule has 5 aromatic carbocycles. The topological polar surface area (TPSA) is 38.9 Å². The van der Waals surface area contributed by atoms with E-state index in [0.29, 0.717) is 52.1 Å². The molecule has 309 valence electrons. The van der Waals surface area contributed by atoms with Crippen LogP contribution in [-0.2, 0) is 26.5 Å². The fourth-order valence-electron chi connectivity index (χ4n) is 8.99. The molecule has 3 aromatic heterocycles. The number of hydrogen-bond acceptors (Lipinski definition) is 3. The molecular weight excluding hydrogens is 909 g/mol. The van der Waals surface area contributed by atoms with Gasteiger partial charge in [0.2, 0.25) is 0 Å². The van der Waals surface area contributed by atoms with Crippen molar-refractivity contribution in [1.82, 2.24) is 9.97 Å². The van der Waals surface area contributed by atoms with Crippen LogP contribution in [0.3, 0.4) is 0 Å². The van der Waals surface area contributed by atoms with Crippen LogP contribution in [0.4, 0.5) is 0 Å². The molecule has 1 radical (unpaired) electrons. The zero-order chi connectivity index (χ0) is 51.0. The maximum atomic E-state index is 9.68. The van der Waals surface area contributed by atoms with Gasteiger partial charge in [-0.25, -0.2) is 0 Å². The first-order chi connectivity index (χ1) is 32.5. The average molecular weight is 978 g/mol. The van der Waals surface area contributed by atoms with Gasteiger partial charge in [0, 0.05) is 58.3 Å². The standard InChI is InChI=1S/C32H32NO.C24H26N.Ir/c1-20-18-33-28(15-27(20)22-16-31(2,3)19-32(4,5)17-22)26-12-8-11-24-25-14-13-21-9-6-7-10-23(21)29(25)34-30(24)26;1-17-11-12-20(13-22(17)19-9-7-6-8-10-19)23-14-21(15-24(3,4)5)18(2)16-25-23;/h6-11,13-15,18,22H,16-17,19H2,1-5H3;6-11,13-14,16H,15H2,1-5H3;/q2*-1;/i1D3,22D;1D3,2D2,15D2;. The van der Waals surface area contributed by atoms with Crippen molar-refractivity contribution in [3.05, 3.63) is 155 Å². The van der Waals surface area contributed by atoms with E-state index < -0.39 is 38.3 Å². The van der Waals surface area contributed by atoms with Crippen molar-refractivity contribution >= 4 is 32.7 Å². The molecule has 1 aliphatic carbocycles. The Hall–Kier alpha value is -4.89. The Balaban J connectivity index is 0.000000209. The van der Waals surface area contributed by atoms with Gasteiger partial charge in [-0.05, 0) is 101 Å². The normalized spacial score (nSPS) is 19.0. The van der Waals surface area contributed by atoms with Crippen LogP contribution in [0.15, 0.2) is 120 Å². The van der Waals surface area contributed by atoms with E-state index in [9.17, 15) is 1.37 Å². The minimum absolute atomic E-state index is 0. The molecule has 8 aromatic rings. The van der Waals surface area contributed by atoms with Gasteiger partial charge in [-0.15, -0.1) is 47.5 Å². The summed E-state index contributed by atoms with van der Waals surface area (Å²) in [5.41, 5.74) is 5.28. The van der Waals surface area contributed by atoms with E-state index in [-0.39, 0.29) is 53.2 Å². The number of rotatable bonds is 5. The molecule has 3 nitrogen and oxygen atoms in total. The van der Waals surface area contributed by atoms with Crippen molar-refractivity contribution in [2.75, 3.05) is 0 Å². The number of aryl methyl sites for hydroxylation is 3. The van der Waals surface area contributed by atoms with Crippen molar-refractivity contribution in [3.63, 3.8) is 0 Å². The molecule has 0 amide bonds. The van der Waals surface area contributed by atoms with Crippen molar-refractivity contribution < 1.29 is 39.6 Å². The molecule has 3 heterocycles. The Morgan fingerprint density at radius 3 is 2.20 bits per heavy atom. The summed E-state index contributed by atoms with van der Waals surface area (Å²) in [6.45, 7) is 7.96. The summed E-state index contributed by atoms with van der Waals surface area (Å²) in [5, 5.41) is 4.12. The zero-order valence-electron chi connectivity index (χ0n) is 46.3. The van der Waals surface area contributed by atoms with Crippen LogP contribution >= 0.6 is 0 Å². The molecular formula is C56H58IrN2O-2. The SMILES string of the molecule is [2H]C([2H])([2H])c1cnc(-c2[c-]ccc3c2oc2c4ccccc4ccc32)cc1C1([2H])CC(C)(C)CC(C)(C)C1.[2H]C([2H])c1cnc(-c2[c-]cc(C([2H])([2H])[2H])c(-c3ccccc3)c2)cc1C([2H])([2H])C(C)(C)C.[Ir]. The Bertz CT molecular complexity index is 3230. The van der Waals surface area contributed by atoms with Crippen molar-refractivity contribution in [1.29, 1.82) is 0 Å². The van der Waals surface area contributed by atoms with E-state index in [4.69, 9.17) is 18.1 Å². The maximum Gasteiger partial charge on any atom is 0.128 e. The summed E-state index contributed by atoms with van der Waals surface area (Å²) in [6, 6.07) is 38.2. The smallest absolute Gasteiger partial charge is 0.128 e. The Morgan fingerprint density at radius 2 is 1.47 bits per heavy atom. The second kappa shape index (κ2) is 16.9. The Labute approximate surface area is 386 Å². The fourth-order valence-corrected chi connectivity index (χ4v) is 8.99. The van der Waals surface area contributed by atoms with Crippen LogP contribution in [-0.4, -0.2) is 9.97 Å². The quantitative estimate of drug-likeness (QED) is 0.161. The summed E-state index contributed by atoms with van der Waals surface area (Å²) >= 11 is 0. The second-order valence-electron chi connectivity index (χ2n) is 18.5. The van der Waals surface area contributed by atoms with Crippen LogP contribution in [0.25, 0.3) is 66.4 Å². The number of aromatic nitrogens is 2. The number of fused-ring (bicyclic) bond motifs is 5. The van der Waals surface area contributed by atoms with Gasteiger partial charge in [-0.2, -0.15) is 0 Å². The van der Waals surface area contributed by atoms with Gasteiger partial charge in [0.05, 0.1) is 5.58 Å². The van der Waals surface area contributed by atoms with Crippen molar-refractivity contribution in [2.24, 2.45) is 16.2 Å². The summed E-state index contributed by atoms with van der Waals surface area (Å²) < 4.78 is 97.8. The van der Waals surface area contributed by atoms with Gasteiger partial charge in [0.1, 0.15) is 5.58 Å². The molecule has 1 aliphatic rings. The fraction of sp³-hybridized carbons (Fsp3) is 0.321. The van der Waals surface area contributed by atoms with E-state index >= 15 is 0 Å². The minimum atomic E-state index is -2.37. The molecule has 4 heteroatoms. The van der Waals surface area contributed by atoms with Crippen molar-refractivity contribution in [2.45, 2.75) is 101 Å². The first-order valence-corrected chi connectivity index (χ1v) is 20.2. The van der Waals surface area contributed by atoms with Gasteiger partial charge in [0.15, 0.2) is 0 Å². The first kappa shape index (κ1) is 31.0. The number of hydrogen-bond donors (Lipinski definition) is 0. The Kier molecular flexibility index (Phi) is 8.73. The molecule has 1 fully saturated rings. The van der Waals surface area contributed by atoms with E-state index in [1.54, 1.807) is 32.9 Å². The van der Waals surface area contributed by atoms with Gasteiger partial charge in [-0.1, -0.05) is 156 Å². The number of furan rings is 1. The van der Waals surface area contributed by atoms with Crippen LogP contribution in [0.1, 0.15) is 117 Å². The minimum Gasteiger partial charge on any atom is -0.500 e. The summed E-state index contributed by atoms with van der Waals surface area (Å²) in [7, 11) is 0. The average Bonchev–Trinajstić information content (AvgIpc) is 3.66. The number of benzene rings is 5. The maximum absolute atomic E-state index is 9.68. The molecule has 9 rings (SSSR count). The van der Waals surface area contributed by atoms with Gasteiger partial charge in [0.25, 0.3) is 0 Å².